The van der Waals surface area contributed by atoms with Crippen LogP contribution in [0.25, 0.3) is 5.57 Å². The third kappa shape index (κ3) is 2.12. The highest BCUT2D eigenvalue weighted by atomic mass is 19.1. The fraction of sp³-hybridized carbons (Fsp3) is 0.0625. The van der Waals surface area contributed by atoms with Gasteiger partial charge in [0, 0.05) is 28.5 Å². The van der Waals surface area contributed by atoms with E-state index in [0.717, 1.165) is 0 Å². The van der Waals surface area contributed by atoms with Crippen LogP contribution in [0.3, 0.4) is 0 Å². The van der Waals surface area contributed by atoms with Crippen molar-refractivity contribution in [2.24, 2.45) is 5.73 Å². The highest BCUT2D eigenvalue weighted by molar-refractivity contribution is 5.89. The average molecular weight is 281 g/mol. The number of nitriles is 1. The minimum atomic E-state index is -0.945. The van der Waals surface area contributed by atoms with Gasteiger partial charge in [0.05, 0.1) is 5.57 Å². The van der Waals surface area contributed by atoms with Gasteiger partial charge in [-0.3, -0.25) is 5.73 Å². The SMILES string of the molecule is N#CC1=C(c2ccccc2F)c2ccc(N)cc2OC1N. The molecule has 4 N–H and O–H groups in total. The second kappa shape index (κ2) is 4.93. The number of anilines is 1. The maximum atomic E-state index is 14.1. The summed E-state index contributed by atoms with van der Waals surface area (Å²) in [5.74, 6) is 0.0249. The second-order valence-electron chi connectivity index (χ2n) is 4.67. The minimum Gasteiger partial charge on any atom is -0.470 e. The molecular formula is C16H12FN3O. The Morgan fingerprint density at radius 3 is 2.62 bits per heavy atom. The van der Waals surface area contributed by atoms with Gasteiger partial charge in [0.15, 0.2) is 6.23 Å². The van der Waals surface area contributed by atoms with Crippen molar-refractivity contribution in [2.45, 2.75) is 6.23 Å². The quantitative estimate of drug-likeness (QED) is 0.786. The van der Waals surface area contributed by atoms with Crippen LogP contribution in [0.5, 0.6) is 5.75 Å². The molecule has 1 aliphatic rings. The summed E-state index contributed by atoms with van der Waals surface area (Å²) < 4.78 is 19.6. The van der Waals surface area contributed by atoms with Gasteiger partial charge in [-0.15, -0.1) is 0 Å². The van der Waals surface area contributed by atoms with Crippen molar-refractivity contribution in [1.29, 1.82) is 5.26 Å². The Labute approximate surface area is 121 Å². The number of nitrogens with zero attached hydrogens (tertiary/aromatic N) is 1. The van der Waals surface area contributed by atoms with Crippen molar-refractivity contribution in [2.75, 3.05) is 5.73 Å². The van der Waals surface area contributed by atoms with E-state index in [1.54, 1.807) is 36.4 Å². The van der Waals surface area contributed by atoms with E-state index in [9.17, 15) is 9.65 Å². The fourth-order valence-electron chi connectivity index (χ4n) is 2.40. The Morgan fingerprint density at radius 2 is 1.90 bits per heavy atom. The van der Waals surface area contributed by atoms with E-state index in [0.29, 0.717) is 28.1 Å². The van der Waals surface area contributed by atoms with Crippen LogP contribution in [0.2, 0.25) is 0 Å². The lowest BCUT2D eigenvalue weighted by atomic mass is 9.90. The molecule has 0 fully saturated rings. The van der Waals surface area contributed by atoms with Gasteiger partial charge in [-0.2, -0.15) is 5.26 Å². The zero-order valence-electron chi connectivity index (χ0n) is 11.0. The molecule has 21 heavy (non-hydrogen) atoms. The van der Waals surface area contributed by atoms with Crippen LogP contribution >= 0.6 is 0 Å². The normalized spacial score (nSPS) is 16.9. The molecule has 1 heterocycles. The first-order chi connectivity index (χ1) is 10.1. The van der Waals surface area contributed by atoms with Crippen molar-refractivity contribution in [3.05, 3.63) is 65.0 Å². The number of nitrogen functional groups attached to an aromatic ring is 1. The number of ether oxygens (including phenoxy) is 1. The van der Waals surface area contributed by atoms with E-state index in [1.165, 1.54) is 6.07 Å². The summed E-state index contributed by atoms with van der Waals surface area (Å²) in [7, 11) is 0. The number of hydrogen-bond donors (Lipinski definition) is 2. The van der Waals surface area contributed by atoms with Crippen molar-refractivity contribution in [3.8, 4) is 11.8 Å². The molecule has 0 radical (unpaired) electrons. The van der Waals surface area contributed by atoms with Gasteiger partial charge in [-0.05, 0) is 18.2 Å². The first kappa shape index (κ1) is 13.2. The van der Waals surface area contributed by atoms with Crippen LogP contribution in [-0.2, 0) is 0 Å². The zero-order valence-corrected chi connectivity index (χ0v) is 11.0. The van der Waals surface area contributed by atoms with E-state index in [2.05, 4.69) is 0 Å². The molecule has 0 spiro atoms. The van der Waals surface area contributed by atoms with Gasteiger partial charge in [0.25, 0.3) is 0 Å². The molecule has 4 nitrogen and oxygen atoms in total. The number of halogens is 1. The van der Waals surface area contributed by atoms with Gasteiger partial charge in [0.2, 0.25) is 0 Å². The predicted molar refractivity (Wildman–Crippen MR) is 77.5 cm³/mol. The molecule has 3 rings (SSSR count). The first-order valence-corrected chi connectivity index (χ1v) is 6.33. The third-order valence-corrected chi connectivity index (χ3v) is 3.35. The molecule has 1 unspecified atom stereocenters. The smallest absolute Gasteiger partial charge is 0.184 e. The molecule has 0 aliphatic carbocycles. The standard InChI is InChI=1S/C16H12FN3O/c17-13-4-2-1-3-10(13)15-11-6-5-9(19)7-14(11)21-16(20)12(15)8-18/h1-7,16H,19-20H2. The summed E-state index contributed by atoms with van der Waals surface area (Å²) in [5, 5.41) is 9.35. The molecular weight excluding hydrogens is 269 g/mol. The largest absolute Gasteiger partial charge is 0.470 e. The van der Waals surface area contributed by atoms with Crippen LogP contribution in [0.1, 0.15) is 11.1 Å². The van der Waals surface area contributed by atoms with E-state index in [-0.39, 0.29) is 5.57 Å². The highest BCUT2D eigenvalue weighted by Crippen LogP contribution is 2.40. The molecule has 0 saturated heterocycles. The summed E-state index contributed by atoms with van der Waals surface area (Å²) in [5.41, 5.74) is 13.7. The molecule has 0 aromatic heterocycles. The Bertz CT molecular complexity index is 792. The number of hydrogen-bond acceptors (Lipinski definition) is 4. The molecule has 1 aliphatic heterocycles. The predicted octanol–water partition coefficient (Wildman–Crippen LogP) is 2.41. The number of fused-ring (bicyclic) bond motifs is 1. The van der Waals surface area contributed by atoms with Crippen molar-refractivity contribution >= 4 is 11.3 Å². The maximum absolute atomic E-state index is 14.1. The summed E-state index contributed by atoms with van der Waals surface area (Å²) in [6, 6.07) is 13.3. The summed E-state index contributed by atoms with van der Waals surface area (Å²) >= 11 is 0. The van der Waals surface area contributed by atoms with Crippen molar-refractivity contribution in [3.63, 3.8) is 0 Å². The zero-order chi connectivity index (χ0) is 15.0. The monoisotopic (exact) mass is 281 g/mol. The first-order valence-electron chi connectivity index (χ1n) is 6.33. The lowest BCUT2D eigenvalue weighted by Gasteiger charge is -2.26. The molecule has 2 aromatic carbocycles. The van der Waals surface area contributed by atoms with Gasteiger partial charge in [-0.1, -0.05) is 18.2 Å². The number of rotatable bonds is 1. The summed E-state index contributed by atoms with van der Waals surface area (Å²) in [4.78, 5) is 0. The van der Waals surface area contributed by atoms with Crippen LogP contribution in [-0.4, -0.2) is 6.23 Å². The van der Waals surface area contributed by atoms with Crippen molar-refractivity contribution in [1.82, 2.24) is 0 Å². The maximum Gasteiger partial charge on any atom is 0.184 e. The topological polar surface area (TPSA) is 85.1 Å². The van der Waals surface area contributed by atoms with Crippen LogP contribution < -0.4 is 16.2 Å². The molecule has 104 valence electrons. The molecule has 1 atom stereocenters. The number of benzene rings is 2. The van der Waals surface area contributed by atoms with Crippen LogP contribution in [0.15, 0.2) is 48.0 Å². The Kier molecular flexibility index (Phi) is 3.09. The Balaban J connectivity index is 2.33. The van der Waals surface area contributed by atoms with Crippen molar-refractivity contribution < 1.29 is 9.13 Å². The average Bonchev–Trinajstić information content (AvgIpc) is 2.46. The lowest BCUT2D eigenvalue weighted by molar-refractivity contribution is 0.245. The fourth-order valence-corrected chi connectivity index (χ4v) is 2.40. The molecule has 0 saturated carbocycles. The van der Waals surface area contributed by atoms with E-state index in [4.69, 9.17) is 16.2 Å². The minimum absolute atomic E-state index is 0.192. The van der Waals surface area contributed by atoms with E-state index >= 15 is 0 Å². The van der Waals surface area contributed by atoms with Gasteiger partial charge >= 0.3 is 0 Å². The molecule has 2 aromatic rings. The molecule has 5 heteroatoms. The van der Waals surface area contributed by atoms with Gasteiger partial charge in [-0.25, -0.2) is 4.39 Å². The number of nitrogens with two attached hydrogens (primary N) is 2. The lowest BCUT2D eigenvalue weighted by Crippen LogP contribution is -2.33. The molecule has 0 bridgehead atoms. The highest BCUT2D eigenvalue weighted by Gasteiger charge is 2.28. The Hall–Kier alpha value is -2.84. The summed E-state index contributed by atoms with van der Waals surface area (Å²) in [6.45, 7) is 0. The van der Waals surface area contributed by atoms with Crippen LogP contribution in [0.4, 0.5) is 10.1 Å². The van der Waals surface area contributed by atoms with E-state index in [1.807, 2.05) is 6.07 Å². The van der Waals surface area contributed by atoms with Gasteiger partial charge in [0.1, 0.15) is 17.6 Å². The summed E-state index contributed by atoms with van der Waals surface area (Å²) in [6.07, 6.45) is -0.945. The van der Waals surface area contributed by atoms with E-state index < -0.39 is 12.0 Å². The van der Waals surface area contributed by atoms with Gasteiger partial charge < -0.3 is 10.5 Å². The molecule has 0 amide bonds. The third-order valence-electron chi connectivity index (χ3n) is 3.35. The Morgan fingerprint density at radius 1 is 1.14 bits per heavy atom. The second-order valence-corrected chi connectivity index (χ2v) is 4.67. The van der Waals surface area contributed by atoms with Crippen LogP contribution in [0, 0.1) is 17.1 Å².